The van der Waals surface area contributed by atoms with Gasteiger partial charge in [0.25, 0.3) is 0 Å². The number of nitrogens with two attached hydrogens (primary N) is 3. The van der Waals surface area contributed by atoms with Crippen LogP contribution < -0.4 is 26.8 Å². The van der Waals surface area contributed by atoms with Crippen molar-refractivity contribution in [3.8, 4) is 5.88 Å². The minimum atomic E-state index is -4.02. The number of esters is 1. The normalized spacial score (nSPS) is 25.5. The summed E-state index contributed by atoms with van der Waals surface area (Å²) in [5.74, 6) is -2.03. The number of aliphatic hydroxyl groups excluding tert-OH is 1. The molecule has 7 atom stereocenters. The van der Waals surface area contributed by atoms with Crippen molar-refractivity contribution in [2.45, 2.75) is 51.5 Å². The number of nitrogens with one attached hydrogen (secondary N) is 1. The average molecular weight is 548 g/mol. The van der Waals surface area contributed by atoms with Crippen LogP contribution in [-0.2, 0) is 23.4 Å². The highest BCUT2D eigenvalue weighted by molar-refractivity contribution is 7.54. The van der Waals surface area contributed by atoms with Crippen LogP contribution in [0.4, 0.5) is 17.5 Å². The fourth-order valence-corrected chi connectivity index (χ4v) is 5.15. The first kappa shape index (κ1) is 30.8. The highest BCUT2D eigenvalue weighted by Crippen LogP contribution is 2.53. The molecule has 0 spiro atoms. The lowest BCUT2D eigenvalue weighted by molar-refractivity contribution is -0.146. The number of hydrogen-bond acceptors (Lipinski definition) is 13. The molecule has 210 valence electrons. The molecule has 0 aromatic carbocycles. The quantitative estimate of drug-likeness (QED) is 0.102. The second kappa shape index (κ2) is 12.4. The minimum Gasteiger partial charge on any atom is -0.479 e. The number of carbonyl (C=O) groups is 1. The van der Waals surface area contributed by atoms with Gasteiger partial charge in [-0.15, -0.1) is 0 Å². The first-order chi connectivity index (χ1) is 17.2. The van der Waals surface area contributed by atoms with Gasteiger partial charge in [-0.25, -0.2) is 10.6 Å². The molecular formula is C21H38N7O8P. The first-order valence-electron chi connectivity index (χ1n) is 11.6. The summed E-state index contributed by atoms with van der Waals surface area (Å²) >= 11 is 0. The Morgan fingerprint density at radius 2 is 1.97 bits per heavy atom. The molecule has 1 aliphatic rings. The highest BCUT2D eigenvalue weighted by Gasteiger charge is 2.66. The lowest BCUT2D eigenvalue weighted by atomic mass is 10.0. The predicted molar refractivity (Wildman–Crippen MR) is 136 cm³/mol. The van der Waals surface area contributed by atoms with Gasteiger partial charge in [0.1, 0.15) is 23.9 Å². The van der Waals surface area contributed by atoms with Crippen LogP contribution >= 0.6 is 7.67 Å². The molecular weight excluding hydrogens is 509 g/mol. The predicted octanol–water partition coefficient (Wildman–Crippen LogP) is -0.0145. The number of rotatable bonds is 14. The molecule has 0 saturated heterocycles. The largest absolute Gasteiger partial charge is 0.479 e. The molecule has 0 radical (unpaired) electrons. The highest BCUT2D eigenvalue weighted by atomic mass is 31.2. The number of ether oxygens (including phenoxy) is 3. The summed E-state index contributed by atoms with van der Waals surface area (Å²) in [5, 5.41) is 24.6. The van der Waals surface area contributed by atoms with E-state index >= 15 is 0 Å². The number of carbonyl (C=O) groups excluding carboxylic acids is 1. The molecule has 1 fully saturated rings. The van der Waals surface area contributed by atoms with Crippen molar-refractivity contribution >= 4 is 37.3 Å². The Labute approximate surface area is 215 Å². The van der Waals surface area contributed by atoms with Crippen LogP contribution in [0.1, 0.15) is 27.7 Å². The Kier molecular flexibility index (Phi) is 10.4. The zero-order chi connectivity index (χ0) is 28.1. The standard InChI is InChI=1S/C21H38N7O8P/c1-7-35-19(30)14(10(2)3)28-37(24,32)36-9-13(33-5)16(29)21(31)11(4)12(21)8-25-15-17(22)26-20(23)27-18(15)34-6/h8,10-14,16,29,31H,7,9H2,1-6H3,(H3,24,28,32)(H4,22,23,26,27)/t11?,12?,13?,14?,16?,21-,37?/m0/s1. The molecule has 6 unspecified atom stereocenters. The van der Waals surface area contributed by atoms with Crippen LogP contribution in [0.15, 0.2) is 4.99 Å². The van der Waals surface area contributed by atoms with Crippen molar-refractivity contribution in [3.63, 3.8) is 0 Å². The van der Waals surface area contributed by atoms with Crippen LogP contribution in [0.25, 0.3) is 0 Å². The van der Waals surface area contributed by atoms with Crippen molar-refractivity contribution in [1.82, 2.24) is 15.1 Å². The summed E-state index contributed by atoms with van der Waals surface area (Å²) in [6.45, 7) is 6.49. The number of hydrogen-bond donors (Lipinski definition) is 6. The van der Waals surface area contributed by atoms with E-state index < -0.39 is 55.9 Å². The number of aliphatic imine (C=N–C) groups is 1. The SMILES string of the molecule is CCOC(=O)C(NP(N)(=O)OCC(OC)C(O)[C@]1(O)C(C)C1C=Nc1c(N)nc(N)nc1OC)C(C)C. The number of nitrogens with zero attached hydrogens (tertiary/aromatic N) is 3. The summed E-state index contributed by atoms with van der Waals surface area (Å²) in [5.41, 5.74) is 15.7. The van der Waals surface area contributed by atoms with Crippen molar-refractivity contribution in [2.24, 2.45) is 28.3 Å². The van der Waals surface area contributed by atoms with Gasteiger partial charge in [0.2, 0.25) is 11.8 Å². The first-order valence-corrected chi connectivity index (χ1v) is 13.3. The Morgan fingerprint density at radius 3 is 2.51 bits per heavy atom. The van der Waals surface area contributed by atoms with E-state index in [0.717, 1.165) is 0 Å². The van der Waals surface area contributed by atoms with Gasteiger partial charge < -0.3 is 40.4 Å². The van der Waals surface area contributed by atoms with Crippen molar-refractivity contribution < 1.29 is 38.3 Å². The van der Waals surface area contributed by atoms with Gasteiger partial charge in [-0.1, -0.05) is 20.8 Å². The smallest absolute Gasteiger partial charge is 0.338 e. The topological polar surface area (TPSA) is 240 Å². The average Bonchev–Trinajstić information content (AvgIpc) is 3.36. The van der Waals surface area contributed by atoms with Gasteiger partial charge in [0.15, 0.2) is 11.5 Å². The molecule has 1 saturated carbocycles. The second-order valence-corrected chi connectivity index (χ2v) is 10.7. The van der Waals surface area contributed by atoms with E-state index in [1.54, 1.807) is 27.7 Å². The fraction of sp³-hybridized carbons (Fsp3) is 0.714. The van der Waals surface area contributed by atoms with Crippen molar-refractivity contribution in [3.05, 3.63) is 0 Å². The van der Waals surface area contributed by atoms with Gasteiger partial charge in [0.05, 0.1) is 20.3 Å². The van der Waals surface area contributed by atoms with Crippen LogP contribution in [0.5, 0.6) is 5.88 Å². The van der Waals surface area contributed by atoms with Gasteiger partial charge in [-0.05, 0) is 18.8 Å². The van der Waals surface area contributed by atoms with E-state index in [1.165, 1.54) is 20.4 Å². The molecule has 0 bridgehead atoms. The molecule has 9 N–H and O–H groups in total. The molecule has 0 amide bonds. The van der Waals surface area contributed by atoms with E-state index in [0.29, 0.717) is 0 Å². The lowest BCUT2D eigenvalue weighted by Gasteiger charge is -2.29. The summed E-state index contributed by atoms with van der Waals surface area (Å²) < 4.78 is 33.5. The lowest BCUT2D eigenvalue weighted by Crippen LogP contribution is -2.46. The Morgan fingerprint density at radius 1 is 1.32 bits per heavy atom. The maximum atomic E-state index is 12.8. The third-order valence-corrected chi connectivity index (χ3v) is 7.40. The zero-order valence-electron chi connectivity index (χ0n) is 21.8. The maximum Gasteiger partial charge on any atom is 0.338 e. The van der Waals surface area contributed by atoms with E-state index in [1.807, 2.05) is 0 Å². The van der Waals surface area contributed by atoms with Crippen molar-refractivity contribution in [2.75, 3.05) is 38.9 Å². The second-order valence-electron chi connectivity index (χ2n) is 9.02. The summed E-state index contributed by atoms with van der Waals surface area (Å²) in [4.78, 5) is 24.2. The van der Waals surface area contributed by atoms with Crippen LogP contribution in [0, 0.1) is 17.8 Å². The van der Waals surface area contributed by atoms with Gasteiger partial charge >= 0.3 is 13.6 Å². The van der Waals surface area contributed by atoms with E-state index in [2.05, 4.69) is 20.0 Å². The molecule has 1 aliphatic carbocycles. The maximum absolute atomic E-state index is 12.8. The number of nitrogen functional groups attached to an aromatic ring is 2. The van der Waals surface area contributed by atoms with E-state index in [-0.39, 0.29) is 35.9 Å². The van der Waals surface area contributed by atoms with Crippen molar-refractivity contribution in [1.29, 1.82) is 0 Å². The minimum absolute atomic E-state index is 0.0186. The molecule has 0 aliphatic heterocycles. The molecule has 15 nitrogen and oxygen atoms in total. The van der Waals surface area contributed by atoms with E-state index in [9.17, 15) is 19.6 Å². The Balaban J connectivity index is 2.10. The number of aromatic nitrogens is 2. The van der Waals surface area contributed by atoms with Crippen LogP contribution in [0.2, 0.25) is 0 Å². The molecule has 1 aromatic heterocycles. The molecule has 1 heterocycles. The Bertz CT molecular complexity index is 1030. The van der Waals surface area contributed by atoms with Crippen LogP contribution in [-0.4, -0.2) is 83.6 Å². The van der Waals surface area contributed by atoms with Gasteiger partial charge in [0, 0.05) is 19.2 Å². The van der Waals surface area contributed by atoms with Gasteiger partial charge in [-0.2, -0.15) is 9.97 Å². The van der Waals surface area contributed by atoms with E-state index in [4.69, 9.17) is 35.7 Å². The summed E-state index contributed by atoms with van der Waals surface area (Å²) in [7, 11) is -1.37. The summed E-state index contributed by atoms with van der Waals surface area (Å²) in [6, 6.07) is -0.975. The van der Waals surface area contributed by atoms with Gasteiger partial charge in [-0.3, -0.25) is 14.4 Å². The number of methoxy groups -OCH3 is 2. The monoisotopic (exact) mass is 547 g/mol. The molecule has 37 heavy (non-hydrogen) atoms. The number of anilines is 2. The molecule has 1 aromatic rings. The zero-order valence-corrected chi connectivity index (χ0v) is 22.7. The molecule has 16 heteroatoms. The third kappa shape index (κ3) is 7.13. The Hall–Kier alpha value is -2.39. The fourth-order valence-electron chi connectivity index (χ4n) is 3.91. The van der Waals surface area contributed by atoms with Crippen LogP contribution in [0.3, 0.4) is 0 Å². The molecule has 2 rings (SSSR count). The third-order valence-electron chi connectivity index (χ3n) is 6.23. The summed E-state index contributed by atoms with van der Waals surface area (Å²) in [6.07, 6.45) is -1.20. The number of aliphatic hydroxyl groups is 2.